The lowest BCUT2D eigenvalue weighted by Gasteiger charge is -2.11. The highest BCUT2D eigenvalue weighted by atomic mass is 15.0. The van der Waals surface area contributed by atoms with Crippen LogP contribution in [0.15, 0.2) is 170 Å². The summed E-state index contributed by atoms with van der Waals surface area (Å²) in [6, 6.07) is 55.9. The zero-order valence-corrected chi connectivity index (χ0v) is 27.0. The number of rotatable bonds is 4. The average Bonchev–Trinajstić information content (AvgIpc) is 3.18. The fourth-order valence-electron chi connectivity index (χ4n) is 7.00. The van der Waals surface area contributed by atoms with Crippen LogP contribution in [0.4, 0.5) is 0 Å². The molecule has 0 atom stereocenters. The fraction of sp³-hybridized carbons (Fsp3) is 0. The lowest BCUT2D eigenvalue weighted by atomic mass is 10.0. The molecule has 10 aromatic rings. The van der Waals surface area contributed by atoms with Crippen LogP contribution in [0.25, 0.3) is 99.2 Å². The monoisotopic (exact) mass is 636 g/mol. The van der Waals surface area contributed by atoms with Gasteiger partial charge in [-0.05, 0) is 108 Å². The van der Waals surface area contributed by atoms with Crippen molar-refractivity contribution in [3.63, 3.8) is 0 Å². The number of nitrogens with zero attached hydrogens (tertiary/aromatic N) is 4. The Morgan fingerprint density at radius 2 is 0.640 bits per heavy atom. The third kappa shape index (κ3) is 5.02. The van der Waals surface area contributed by atoms with Gasteiger partial charge < -0.3 is 0 Å². The van der Waals surface area contributed by atoms with Crippen molar-refractivity contribution in [2.75, 3.05) is 0 Å². The normalized spacial score (nSPS) is 11.6. The topological polar surface area (TPSA) is 51.6 Å². The molecular weight excluding hydrogens is 609 g/mol. The summed E-state index contributed by atoms with van der Waals surface area (Å²) in [5, 5.41) is 11.8. The van der Waals surface area contributed by atoms with Crippen molar-refractivity contribution >= 4 is 53.9 Å². The zero-order chi connectivity index (χ0) is 33.0. The van der Waals surface area contributed by atoms with Gasteiger partial charge in [-0.15, -0.1) is 0 Å². The predicted octanol–water partition coefficient (Wildman–Crippen LogP) is 11.7. The summed E-state index contributed by atoms with van der Waals surface area (Å²) < 4.78 is 0. The van der Waals surface area contributed by atoms with E-state index in [0.717, 1.165) is 44.0 Å². The third-order valence-corrected chi connectivity index (χ3v) is 9.68. The van der Waals surface area contributed by atoms with E-state index in [1.165, 1.54) is 37.7 Å². The zero-order valence-electron chi connectivity index (χ0n) is 27.0. The van der Waals surface area contributed by atoms with Gasteiger partial charge in [-0.2, -0.15) is 0 Å². The molecule has 0 spiro atoms. The maximum atomic E-state index is 5.10. The van der Waals surface area contributed by atoms with E-state index < -0.39 is 0 Å². The Hall–Kier alpha value is -6.78. The maximum absolute atomic E-state index is 5.10. The summed E-state index contributed by atoms with van der Waals surface area (Å²) in [6.07, 6.45) is 3.73. The number of fused-ring (bicyclic) bond motifs is 5. The molecule has 2 aromatic heterocycles. The number of benzene rings is 8. The fourth-order valence-corrected chi connectivity index (χ4v) is 7.00. The molecule has 0 aliphatic carbocycles. The van der Waals surface area contributed by atoms with E-state index in [9.17, 15) is 0 Å². The van der Waals surface area contributed by atoms with Gasteiger partial charge in [0.2, 0.25) is 0 Å². The molecule has 0 N–H and O–H groups in total. The standard InChI is InChI=1S/C46H28N4/c1-3-7-33-24-42-26-39(16-13-36(42)21-31(33)5-1)45-48-44(30-11-9-29(10-12-30)35-15-18-41-28-47-20-19-38(41)23-35)49-46(50-45)40-17-14-37-22-32-6-2-4-8-34(32)25-43(37)27-40/h1-28H. The van der Waals surface area contributed by atoms with Crippen molar-refractivity contribution in [3.05, 3.63) is 170 Å². The van der Waals surface area contributed by atoms with Gasteiger partial charge in [0.1, 0.15) is 0 Å². The molecule has 0 aliphatic heterocycles. The van der Waals surface area contributed by atoms with Crippen LogP contribution in [-0.2, 0) is 0 Å². The Kier molecular flexibility index (Phi) is 6.46. The third-order valence-electron chi connectivity index (χ3n) is 9.68. The second-order valence-corrected chi connectivity index (χ2v) is 12.8. The molecule has 4 nitrogen and oxygen atoms in total. The molecular formula is C46H28N4. The Balaban J connectivity index is 1.11. The molecule has 2 heterocycles. The summed E-state index contributed by atoms with van der Waals surface area (Å²) in [4.78, 5) is 19.5. The molecule has 0 amide bonds. The minimum absolute atomic E-state index is 0.637. The second kappa shape index (κ2) is 11.4. The SMILES string of the molecule is c1ccc2cc3cc(-c4nc(-c5ccc(-c6ccc7cnccc7c6)cc5)nc(-c5ccc6cc7ccccc7cc6c5)n4)ccc3cc2c1. The average molecular weight is 637 g/mol. The molecule has 0 radical (unpaired) electrons. The van der Waals surface area contributed by atoms with Crippen molar-refractivity contribution < 1.29 is 0 Å². The highest BCUT2D eigenvalue weighted by Crippen LogP contribution is 2.32. The molecule has 4 heteroatoms. The number of pyridine rings is 1. The van der Waals surface area contributed by atoms with Crippen molar-refractivity contribution in [1.29, 1.82) is 0 Å². The van der Waals surface area contributed by atoms with E-state index in [4.69, 9.17) is 15.0 Å². The summed E-state index contributed by atoms with van der Waals surface area (Å²) in [5.74, 6) is 1.93. The minimum Gasteiger partial charge on any atom is -0.264 e. The Labute approximate surface area is 288 Å². The van der Waals surface area contributed by atoms with Crippen molar-refractivity contribution in [2.24, 2.45) is 0 Å². The molecule has 10 rings (SSSR count). The van der Waals surface area contributed by atoms with Crippen molar-refractivity contribution in [2.45, 2.75) is 0 Å². The molecule has 0 bridgehead atoms. The Morgan fingerprint density at radius 3 is 1.20 bits per heavy atom. The number of aromatic nitrogens is 4. The van der Waals surface area contributed by atoms with Crippen LogP contribution in [0.5, 0.6) is 0 Å². The van der Waals surface area contributed by atoms with Crippen LogP contribution in [0.2, 0.25) is 0 Å². The smallest absolute Gasteiger partial charge is 0.164 e. The summed E-state index contributed by atoms with van der Waals surface area (Å²) >= 11 is 0. The highest BCUT2D eigenvalue weighted by Gasteiger charge is 2.14. The quantitative estimate of drug-likeness (QED) is 0.180. The van der Waals surface area contributed by atoms with Gasteiger partial charge in [0.15, 0.2) is 17.5 Å². The van der Waals surface area contributed by atoms with Crippen LogP contribution in [0.1, 0.15) is 0 Å². The van der Waals surface area contributed by atoms with Crippen LogP contribution >= 0.6 is 0 Å². The van der Waals surface area contributed by atoms with Crippen LogP contribution in [0.3, 0.4) is 0 Å². The highest BCUT2D eigenvalue weighted by molar-refractivity contribution is 6.01. The first-order valence-electron chi connectivity index (χ1n) is 16.8. The molecule has 232 valence electrons. The first-order chi connectivity index (χ1) is 24.7. The van der Waals surface area contributed by atoms with Gasteiger partial charge in [-0.1, -0.05) is 109 Å². The molecule has 0 fully saturated rings. The molecule has 50 heavy (non-hydrogen) atoms. The summed E-state index contributed by atoms with van der Waals surface area (Å²) in [5.41, 5.74) is 5.12. The lowest BCUT2D eigenvalue weighted by Crippen LogP contribution is -2.00. The molecule has 0 unspecified atom stereocenters. The number of hydrogen-bond donors (Lipinski definition) is 0. The number of hydrogen-bond acceptors (Lipinski definition) is 4. The maximum Gasteiger partial charge on any atom is 0.164 e. The Morgan fingerprint density at radius 1 is 0.260 bits per heavy atom. The minimum atomic E-state index is 0.637. The molecule has 8 aromatic carbocycles. The van der Waals surface area contributed by atoms with Crippen molar-refractivity contribution in [3.8, 4) is 45.3 Å². The van der Waals surface area contributed by atoms with E-state index in [2.05, 4.69) is 157 Å². The van der Waals surface area contributed by atoms with Gasteiger partial charge in [0.05, 0.1) is 0 Å². The lowest BCUT2D eigenvalue weighted by molar-refractivity contribution is 1.08. The first kappa shape index (κ1) is 28.3. The second-order valence-electron chi connectivity index (χ2n) is 12.8. The summed E-state index contributed by atoms with van der Waals surface area (Å²) in [7, 11) is 0. The summed E-state index contributed by atoms with van der Waals surface area (Å²) in [6.45, 7) is 0. The van der Waals surface area contributed by atoms with Gasteiger partial charge in [-0.25, -0.2) is 15.0 Å². The Bertz CT molecular complexity index is 2790. The largest absolute Gasteiger partial charge is 0.264 e. The van der Waals surface area contributed by atoms with E-state index in [1.54, 1.807) is 0 Å². The van der Waals surface area contributed by atoms with Gasteiger partial charge in [0, 0.05) is 34.5 Å². The van der Waals surface area contributed by atoms with Crippen LogP contribution in [0, 0.1) is 0 Å². The van der Waals surface area contributed by atoms with Gasteiger partial charge in [-0.3, -0.25) is 4.98 Å². The van der Waals surface area contributed by atoms with Crippen LogP contribution in [-0.4, -0.2) is 19.9 Å². The van der Waals surface area contributed by atoms with Crippen molar-refractivity contribution in [1.82, 2.24) is 19.9 Å². The first-order valence-corrected chi connectivity index (χ1v) is 16.8. The van der Waals surface area contributed by atoms with E-state index in [1.807, 2.05) is 18.5 Å². The van der Waals surface area contributed by atoms with E-state index in [0.29, 0.717) is 17.5 Å². The van der Waals surface area contributed by atoms with Gasteiger partial charge >= 0.3 is 0 Å². The molecule has 0 saturated carbocycles. The molecule has 0 aliphatic rings. The van der Waals surface area contributed by atoms with E-state index >= 15 is 0 Å². The molecule has 0 saturated heterocycles. The van der Waals surface area contributed by atoms with Gasteiger partial charge in [0.25, 0.3) is 0 Å². The predicted molar refractivity (Wildman–Crippen MR) is 207 cm³/mol. The van der Waals surface area contributed by atoms with E-state index in [-0.39, 0.29) is 0 Å². The van der Waals surface area contributed by atoms with Crippen LogP contribution < -0.4 is 0 Å².